The highest BCUT2D eigenvalue weighted by molar-refractivity contribution is 7.89. The smallest absolute Gasteiger partial charge is 0.242 e. The summed E-state index contributed by atoms with van der Waals surface area (Å²) in [5.41, 5.74) is 0. The van der Waals surface area contributed by atoms with Gasteiger partial charge in [0.15, 0.2) is 0 Å². The first-order valence-electron chi connectivity index (χ1n) is 6.76. The van der Waals surface area contributed by atoms with Gasteiger partial charge < -0.3 is 5.32 Å². The van der Waals surface area contributed by atoms with Crippen LogP contribution in [0.3, 0.4) is 0 Å². The Balaban J connectivity index is 2.70. The quantitative estimate of drug-likeness (QED) is 0.723. The molecule has 0 fully saturated rings. The Labute approximate surface area is 126 Å². The van der Waals surface area contributed by atoms with E-state index in [1.54, 1.807) is 0 Å². The lowest BCUT2D eigenvalue weighted by atomic mass is 10.1. The molecule has 5 nitrogen and oxygen atoms in total. The summed E-state index contributed by atoms with van der Waals surface area (Å²) >= 11 is 6.00. The fraction of sp³-hybridized carbons (Fsp3) is 0.615. The van der Waals surface area contributed by atoms with E-state index in [-0.39, 0.29) is 4.90 Å². The highest BCUT2D eigenvalue weighted by Gasteiger charge is 2.16. The molecule has 20 heavy (non-hydrogen) atoms. The molecular weight excluding hydrogens is 298 g/mol. The summed E-state index contributed by atoms with van der Waals surface area (Å²) in [6, 6.07) is 1.41. The molecular formula is C13H22ClN3O2S. The van der Waals surface area contributed by atoms with Crippen molar-refractivity contribution in [2.75, 3.05) is 18.4 Å². The maximum absolute atomic E-state index is 12.1. The second kappa shape index (κ2) is 7.81. The number of nitrogens with one attached hydrogen (secondary N) is 2. The van der Waals surface area contributed by atoms with Crippen molar-refractivity contribution in [2.45, 2.75) is 38.5 Å². The molecule has 1 aromatic rings. The van der Waals surface area contributed by atoms with E-state index in [2.05, 4.69) is 28.9 Å². The van der Waals surface area contributed by atoms with Crippen molar-refractivity contribution in [1.82, 2.24) is 9.71 Å². The van der Waals surface area contributed by atoms with Gasteiger partial charge in [-0.2, -0.15) is 0 Å². The predicted octanol–water partition coefficient (Wildman–Crippen LogP) is 2.88. The van der Waals surface area contributed by atoms with Gasteiger partial charge in [0.05, 0.1) is 5.02 Å². The number of hydrogen-bond acceptors (Lipinski definition) is 4. The monoisotopic (exact) mass is 319 g/mol. The molecule has 0 spiro atoms. The molecule has 0 bridgehead atoms. The Hall–Kier alpha value is -0.850. The molecule has 1 heterocycles. The minimum atomic E-state index is -3.54. The second-order valence-electron chi connectivity index (χ2n) is 4.97. The van der Waals surface area contributed by atoms with Gasteiger partial charge in [0.2, 0.25) is 10.0 Å². The zero-order chi connectivity index (χ0) is 15.2. The summed E-state index contributed by atoms with van der Waals surface area (Å²) in [6.07, 6.45) is 3.11. The Bertz CT molecular complexity index is 532. The van der Waals surface area contributed by atoms with Gasteiger partial charge in [0.25, 0.3) is 0 Å². The molecule has 0 radical (unpaired) electrons. The third-order valence-corrected chi connectivity index (χ3v) is 4.44. The molecule has 0 aromatic carbocycles. The van der Waals surface area contributed by atoms with Crippen LogP contribution in [0.5, 0.6) is 0 Å². The number of hydrogen-bond donors (Lipinski definition) is 2. The van der Waals surface area contributed by atoms with Gasteiger partial charge in [0, 0.05) is 19.3 Å². The predicted molar refractivity (Wildman–Crippen MR) is 82.7 cm³/mol. The summed E-state index contributed by atoms with van der Waals surface area (Å²) in [4.78, 5) is 4.12. The standard InChI is InChI=1S/C13H22ClN3O2S/c1-4-15-13-12(14)8-11(9-16-13)20(18,19)17-7-5-6-10(2)3/h8-10,17H,4-7H2,1-3H3,(H,15,16). The van der Waals surface area contributed by atoms with Gasteiger partial charge in [-0.05, 0) is 31.7 Å². The largest absolute Gasteiger partial charge is 0.369 e. The number of pyridine rings is 1. The van der Waals surface area contributed by atoms with E-state index >= 15 is 0 Å². The van der Waals surface area contributed by atoms with E-state index in [0.29, 0.717) is 29.8 Å². The fourth-order valence-electron chi connectivity index (χ4n) is 1.67. The van der Waals surface area contributed by atoms with E-state index in [4.69, 9.17) is 11.6 Å². The van der Waals surface area contributed by atoms with Crippen LogP contribution in [0.15, 0.2) is 17.2 Å². The molecule has 0 aliphatic carbocycles. The lowest BCUT2D eigenvalue weighted by Crippen LogP contribution is -2.25. The molecule has 1 rings (SSSR count). The van der Waals surface area contributed by atoms with Crippen LogP contribution in [0, 0.1) is 5.92 Å². The molecule has 0 saturated carbocycles. The first-order valence-corrected chi connectivity index (χ1v) is 8.62. The maximum Gasteiger partial charge on any atom is 0.242 e. The van der Waals surface area contributed by atoms with Crippen LogP contribution >= 0.6 is 11.6 Å². The zero-order valence-corrected chi connectivity index (χ0v) is 13.7. The summed E-state index contributed by atoms with van der Waals surface area (Å²) in [5.74, 6) is 1.06. The molecule has 0 saturated heterocycles. The van der Waals surface area contributed by atoms with Crippen molar-refractivity contribution >= 4 is 27.4 Å². The van der Waals surface area contributed by atoms with Crippen LogP contribution in [0.1, 0.15) is 33.6 Å². The van der Waals surface area contributed by atoms with Gasteiger partial charge in [-0.1, -0.05) is 25.4 Å². The van der Waals surface area contributed by atoms with Gasteiger partial charge in [-0.3, -0.25) is 0 Å². The van der Waals surface area contributed by atoms with Crippen molar-refractivity contribution in [3.8, 4) is 0 Å². The van der Waals surface area contributed by atoms with Crippen molar-refractivity contribution in [2.24, 2.45) is 5.92 Å². The Morgan fingerprint density at radius 1 is 1.40 bits per heavy atom. The molecule has 2 N–H and O–H groups in total. The third kappa shape index (κ3) is 5.26. The topological polar surface area (TPSA) is 71.1 Å². The van der Waals surface area contributed by atoms with E-state index in [1.807, 2.05) is 6.92 Å². The van der Waals surface area contributed by atoms with E-state index < -0.39 is 10.0 Å². The minimum absolute atomic E-state index is 0.0914. The van der Waals surface area contributed by atoms with Crippen LogP contribution in [0.2, 0.25) is 5.02 Å². The van der Waals surface area contributed by atoms with Gasteiger partial charge in [-0.15, -0.1) is 0 Å². The number of halogens is 1. The van der Waals surface area contributed by atoms with Gasteiger partial charge >= 0.3 is 0 Å². The SMILES string of the molecule is CCNc1ncc(S(=O)(=O)NCCCC(C)C)cc1Cl. The minimum Gasteiger partial charge on any atom is -0.369 e. The van der Waals surface area contributed by atoms with E-state index in [9.17, 15) is 8.42 Å². The summed E-state index contributed by atoms with van der Waals surface area (Å²) in [7, 11) is -3.54. The third-order valence-electron chi connectivity index (χ3n) is 2.72. The molecule has 0 aliphatic heterocycles. The Kier molecular flexibility index (Phi) is 6.71. The van der Waals surface area contributed by atoms with Gasteiger partial charge in [0.1, 0.15) is 10.7 Å². The molecule has 114 valence electrons. The van der Waals surface area contributed by atoms with Gasteiger partial charge in [-0.25, -0.2) is 18.1 Å². The summed E-state index contributed by atoms with van der Waals surface area (Å²) in [5, 5.41) is 3.26. The molecule has 0 unspecified atom stereocenters. The number of rotatable bonds is 8. The summed E-state index contributed by atoms with van der Waals surface area (Å²) in [6.45, 7) is 7.23. The number of aromatic nitrogens is 1. The summed E-state index contributed by atoms with van der Waals surface area (Å²) < 4.78 is 26.7. The van der Waals surface area contributed by atoms with Crippen LogP contribution < -0.4 is 10.0 Å². The zero-order valence-electron chi connectivity index (χ0n) is 12.1. The maximum atomic E-state index is 12.1. The lowest BCUT2D eigenvalue weighted by Gasteiger charge is -2.10. The van der Waals surface area contributed by atoms with Crippen LogP contribution in [-0.4, -0.2) is 26.5 Å². The lowest BCUT2D eigenvalue weighted by molar-refractivity contribution is 0.540. The highest BCUT2D eigenvalue weighted by Crippen LogP contribution is 2.22. The second-order valence-corrected chi connectivity index (χ2v) is 7.14. The average Bonchev–Trinajstić information content (AvgIpc) is 2.37. The Morgan fingerprint density at radius 3 is 2.65 bits per heavy atom. The van der Waals surface area contributed by atoms with Crippen molar-refractivity contribution in [3.63, 3.8) is 0 Å². The van der Waals surface area contributed by atoms with Crippen molar-refractivity contribution < 1.29 is 8.42 Å². The normalized spacial score (nSPS) is 11.8. The van der Waals surface area contributed by atoms with E-state index in [0.717, 1.165) is 12.8 Å². The molecule has 0 aliphatic rings. The first-order chi connectivity index (χ1) is 9.36. The van der Waals surface area contributed by atoms with Crippen LogP contribution in [0.25, 0.3) is 0 Å². The average molecular weight is 320 g/mol. The molecule has 0 amide bonds. The van der Waals surface area contributed by atoms with Crippen LogP contribution in [0.4, 0.5) is 5.82 Å². The first kappa shape index (κ1) is 17.2. The molecule has 0 atom stereocenters. The highest BCUT2D eigenvalue weighted by atomic mass is 35.5. The number of sulfonamides is 1. The number of nitrogens with zero attached hydrogens (tertiary/aromatic N) is 1. The van der Waals surface area contributed by atoms with Crippen molar-refractivity contribution in [1.29, 1.82) is 0 Å². The Morgan fingerprint density at radius 2 is 2.10 bits per heavy atom. The molecule has 1 aromatic heterocycles. The van der Waals surface area contributed by atoms with Crippen LogP contribution in [-0.2, 0) is 10.0 Å². The fourth-order valence-corrected chi connectivity index (χ4v) is 3.01. The molecule has 7 heteroatoms. The van der Waals surface area contributed by atoms with Crippen molar-refractivity contribution in [3.05, 3.63) is 17.3 Å². The van der Waals surface area contributed by atoms with E-state index in [1.165, 1.54) is 12.3 Å². The number of anilines is 1.